The summed E-state index contributed by atoms with van der Waals surface area (Å²) in [5, 5.41) is 12.8. The normalized spacial score (nSPS) is 9.75. The Kier molecular flexibility index (Phi) is 2.68. The van der Waals surface area contributed by atoms with Crippen LogP contribution in [-0.2, 0) is 0 Å². The van der Waals surface area contributed by atoms with Crippen molar-refractivity contribution >= 4 is 5.96 Å². The summed E-state index contributed by atoms with van der Waals surface area (Å²) in [4.78, 5) is 1.56. The van der Waals surface area contributed by atoms with Gasteiger partial charge in [0.1, 0.15) is 0 Å². The molecule has 0 atom stereocenters. The number of nitrogens with two attached hydrogens (primary N) is 1. The van der Waals surface area contributed by atoms with Crippen LogP contribution >= 0.6 is 0 Å². The first-order chi connectivity index (χ1) is 5.75. The minimum absolute atomic E-state index is 0.0144. The molecule has 1 heterocycles. The van der Waals surface area contributed by atoms with E-state index in [-0.39, 0.29) is 5.96 Å². The molecule has 12 heavy (non-hydrogen) atoms. The van der Waals surface area contributed by atoms with Gasteiger partial charge in [0.15, 0.2) is 0 Å². The fraction of sp³-hybridized carbons (Fsp3) is 0.429. The molecule has 0 aliphatic carbocycles. The molecule has 0 aromatic carbocycles. The average Bonchev–Trinajstić information content (AvgIpc) is 2.51. The molecule has 0 saturated carbocycles. The predicted molar refractivity (Wildman–Crippen MR) is 47.5 cm³/mol. The number of nitrogens with one attached hydrogen (secondary N) is 1. The van der Waals surface area contributed by atoms with Crippen molar-refractivity contribution in [3.8, 4) is 0 Å². The summed E-state index contributed by atoms with van der Waals surface area (Å²) in [5.74, 6) is 0.0144. The molecular weight excluding hydrogens is 154 g/mol. The summed E-state index contributed by atoms with van der Waals surface area (Å²) < 4.78 is 0. The number of hydrogen-bond acceptors (Lipinski definition) is 2. The lowest BCUT2D eigenvalue weighted by molar-refractivity contribution is 0.617. The van der Waals surface area contributed by atoms with Crippen LogP contribution in [0.4, 0.5) is 0 Å². The predicted octanol–water partition coefficient (Wildman–Crippen LogP) is 0.125. The average molecular weight is 167 g/mol. The van der Waals surface area contributed by atoms with E-state index in [9.17, 15) is 0 Å². The Morgan fingerprint density at radius 2 is 2.50 bits per heavy atom. The van der Waals surface area contributed by atoms with E-state index in [0.29, 0.717) is 6.54 Å². The maximum Gasteiger partial charge on any atom is 0.209 e. The summed E-state index contributed by atoms with van der Waals surface area (Å²) in [7, 11) is 0. The summed E-state index contributed by atoms with van der Waals surface area (Å²) >= 11 is 0. The molecule has 0 aliphatic rings. The molecule has 0 spiro atoms. The highest BCUT2D eigenvalue weighted by Gasteiger charge is 2.05. The van der Waals surface area contributed by atoms with E-state index in [4.69, 9.17) is 11.1 Å². The van der Waals surface area contributed by atoms with Crippen LogP contribution in [0.25, 0.3) is 0 Å². The third-order valence-electron chi connectivity index (χ3n) is 1.45. The second kappa shape index (κ2) is 3.75. The highest BCUT2D eigenvalue weighted by Crippen LogP contribution is 1.90. The fourth-order valence-electron chi connectivity index (χ4n) is 0.949. The quantitative estimate of drug-likeness (QED) is 0.496. The van der Waals surface area contributed by atoms with Gasteiger partial charge < -0.3 is 5.73 Å². The maximum absolute atomic E-state index is 7.27. The molecule has 66 valence electrons. The first-order valence-corrected chi connectivity index (χ1v) is 3.87. The maximum atomic E-state index is 7.27. The third-order valence-corrected chi connectivity index (χ3v) is 1.45. The molecular formula is C7H13N5. The minimum atomic E-state index is 0.0144. The van der Waals surface area contributed by atoms with Crippen LogP contribution in [0.15, 0.2) is 18.5 Å². The van der Waals surface area contributed by atoms with Gasteiger partial charge >= 0.3 is 0 Å². The molecule has 1 rings (SSSR count). The SMILES string of the molecule is CCCN(C(=N)N)n1cccn1. The summed E-state index contributed by atoms with van der Waals surface area (Å²) in [6, 6.07) is 1.80. The van der Waals surface area contributed by atoms with E-state index in [0.717, 1.165) is 6.42 Å². The van der Waals surface area contributed by atoms with Gasteiger partial charge in [-0.15, -0.1) is 0 Å². The summed E-state index contributed by atoms with van der Waals surface area (Å²) in [6.07, 6.45) is 4.35. The van der Waals surface area contributed by atoms with E-state index in [1.165, 1.54) is 0 Å². The van der Waals surface area contributed by atoms with Crippen molar-refractivity contribution in [2.45, 2.75) is 13.3 Å². The van der Waals surface area contributed by atoms with Crippen LogP contribution in [0.2, 0.25) is 0 Å². The lowest BCUT2D eigenvalue weighted by Gasteiger charge is -2.20. The minimum Gasteiger partial charge on any atom is -0.369 e. The van der Waals surface area contributed by atoms with Gasteiger partial charge in [-0.25, -0.2) is 5.01 Å². The molecule has 5 nitrogen and oxygen atoms in total. The zero-order valence-corrected chi connectivity index (χ0v) is 7.07. The lowest BCUT2D eigenvalue weighted by atomic mass is 10.5. The van der Waals surface area contributed by atoms with E-state index in [1.54, 1.807) is 28.3 Å². The van der Waals surface area contributed by atoms with E-state index in [2.05, 4.69) is 5.10 Å². The molecule has 1 aromatic rings. The van der Waals surface area contributed by atoms with Gasteiger partial charge in [0.25, 0.3) is 0 Å². The number of nitrogens with zero attached hydrogens (tertiary/aromatic N) is 3. The molecule has 0 bridgehead atoms. The number of rotatable bonds is 3. The summed E-state index contributed by atoms with van der Waals surface area (Å²) in [6.45, 7) is 2.73. The third kappa shape index (κ3) is 1.75. The van der Waals surface area contributed by atoms with Crippen LogP contribution in [0.5, 0.6) is 0 Å². The molecule has 0 fully saturated rings. The highest BCUT2D eigenvalue weighted by atomic mass is 15.7. The van der Waals surface area contributed by atoms with Gasteiger partial charge in [-0.2, -0.15) is 9.89 Å². The molecule has 0 saturated heterocycles. The summed E-state index contributed by atoms with van der Waals surface area (Å²) in [5.41, 5.74) is 5.36. The van der Waals surface area contributed by atoms with Gasteiger partial charge in [-0.3, -0.25) is 5.41 Å². The Morgan fingerprint density at radius 1 is 1.75 bits per heavy atom. The molecule has 5 heteroatoms. The molecule has 0 radical (unpaired) electrons. The van der Waals surface area contributed by atoms with Crippen molar-refractivity contribution in [2.24, 2.45) is 5.73 Å². The van der Waals surface area contributed by atoms with E-state index >= 15 is 0 Å². The van der Waals surface area contributed by atoms with Crippen molar-refractivity contribution in [3.63, 3.8) is 0 Å². The van der Waals surface area contributed by atoms with Crippen LogP contribution in [0, 0.1) is 5.41 Å². The molecule has 0 aliphatic heterocycles. The Labute approximate surface area is 71.3 Å². The molecule has 1 aromatic heterocycles. The molecule has 3 N–H and O–H groups in total. The smallest absolute Gasteiger partial charge is 0.209 e. The largest absolute Gasteiger partial charge is 0.369 e. The van der Waals surface area contributed by atoms with Crippen LogP contribution in [-0.4, -0.2) is 22.4 Å². The lowest BCUT2D eigenvalue weighted by Crippen LogP contribution is -2.45. The molecule has 0 amide bonds. The van der Waals surface area contributed by atoms with E-state index < -0.39 is 0 Å². The molecule has 0 unspecified atom stereocenters. The number of hydrogen-bond donors (Lipinski definition) is 2. The number of guanidine groups is 1. The van der Waals surface area contributed by atoms with Crippen LogP contribution in [0.3, 0.4) is 0 Å². The highest BCUT2D eigenvalue weighted by molar-refractivity contribution is 5.84. The Hall–Kier alpha value is -1.52. The van der Waals surface area contributed by atoms with Gasteiger partial charge in [0.05, 0.1) is 6.20 Å². The van der Waals surface area contributed by atoms with Crippen molar-refractivity contribution in [1.82, 2.24) is 9.89 Å². The monoisotopic (exact) mass is 167 g/mol. The van der Waals surface area contributed by atoms with Gasteiger partial charge in [0, 0.05) is 12.7 Å². The Bertz CT molecular complexity index is 240. The fourth-order valence-corrected chi connectivity index (χ4v) is 0.949. The van der Waals surface area contributed by atoms with Crippen molar-refractivity contribution in [1.29, 1.82) is 5.41 Å². The van der Waals surface area contributed by atoms with E-state index in [1.807, 2.05) is 6.92 Å². The van der Waals surface area contributed by atoms with Crippen molar-refractivity contribution in [2.75, 3.05) is 11.6 Å². The second-order valence-corrected chi connectivity index (χ2v) is 2.43. The first-order valence-electron chi connectivity index (χ1n) is 3.87. The standard InChI is InChI=1S/C7H13N5/c1-2-5-11(7(8)9)12-6-3-4-10-12/h3-4,6H,2,5H2,1H3,(H3,8,9). The number of aromatic nitrogens is 2. The Morgan fingerprint density at radius 3 is 2.92 bits per heavy atom. The van der Waals surface area contributed by atoms with Gasteiger partial charge in [-0.1, -0.05) is 6.92 Å². The zero-order chi connectivity index (χ0) is 8.97. The van der Waals surface area contributed by atoms with Crippen molar-refractivity contribution < 1.29 is 0 Å². The van der Waals surface area contributed by atoms with Crippen molar-refractivity contribution in [3.05, 3.63) is 18.5 Å². The van der Waals surface area contributed by atoms with Gasteiger partial charge in [0.2, 0.25) is 5.96 Å². The topological polar surface area (TPSA) is 70.9 Å². The second-order valence-electron chi connectivity index (χ2n) is 2.43. The Balaban J connectivity index is 2.73. The zero-order valence-electron chi connectivity index (χ0n) is 7.07. The van der Waals surface area contributed by atoms with Crippen LogP contribution < -0.4 is 10.7 Å². The van der Waals surface area contributed by atoms with Crippen LogP contribution in [0.1, 0.15) is 13.3 Å². The first kappa shape index (κ1) is 8.58. The van der Waals surface area contributed by atoms with Gasteiger partial charge in [-0.05, 0) is 12.5 Å².